The number of ether oxygens (including phenoxy) is 1. The maximum Gasteiger partial charge on any atom is 0.276 e. The summed E-state index contributed by atoms with van der Waals surface area (Å²) in [6.45, 7) is 2.35. The third-order valence-electron chi connectivity index (χ3n) is 2.70. The SMILES string of the molecule is CCOc1ccc(S(=O)(=O)NN=Cc2ccc(F)cc2)cc1. The minimum atomic E-state index is -3.75. The first kappa shape index (κ1) is 16.0. The Hall–Kier alpha value is -2.41. The van der Waals surface area contributed by atoms with Crippen molar-refractivity contribution in [2.45, 2.75) is 11.8 Å². The number of hydrazone groups is 1. The molecule has 0 saturated heterocycles. The molecule has 22 heavy (non-hydrogen) atoms. The van der Waals surface area contributed by atoms with E-state index in [4.69, 9.17) is 4.74 Å². The number of sulfonamides is 1. The number of benzene rings is 2. The summed E-state index contributed by atoms with van der Waals surface area (Å²) in [7, 11) is -3.75. The van der Waals surface area contributed by atoms with Gasteiger partial charge in [0.25, 0.3) is 10.0 Å². The van der Waals surface area contributed by atoms with Gasteiger partial charge in [0.1, 0.15) is 11.6 Å². The third-order valence-corrected chi connectivity index (χ3v) is 3.94. The smallest absolute Gasteiger partial charge is 0.276 e. The van der Waals surface area contributed by atoms with E-state index in [1.807, 2.05) is 6.92 Å². The van der Waals surface area contributed by atoms with Gasteiger partial charge < -0.3 is 4.74 Å². The Balaban J connectivity index is 2.05. The van der Waals surface area contributed by atoms with Crippen LogP contribution in [0.5, 0.6) is 5.75 Å². The topological polar surface area (TPSA) is 67.8 Å². The van der Waals surface area contributed by atoms with Gasteiger partial charge in [-0.15, -0.1) is 0 Å². The third kappa shape index (κ3) is 4.29. The summed E-state index contributed by atoms with van der Waals surface area (Å²) < 4.78 is 42.0. The first-order chi connectivity index (χ1) is 10.5. The fourth-order valence-corrected chi connectivity index (χ4v) is 2.44. The average molecular weight is 322 g/mol. The van der Waals surface area contributed by atoms with Crippen LogP contribution in [-0.4, -0.2) is 21.2 Å². The molecule has 0 aliphatic heterocycles. The van der Waals surface area contributed by atoms with Crippen LogP contribution >= 0.6 is 0 Å². The largest absolute Gasteiger partial charge is 0.494 e. The quantitative estimate of drug-likeness (QED) is 0.656. The van der Waals surface area contributed by atoms with Crippen LogP contribution in [0.3, 0.4) is 0 Å². The van der Waals surface area contributed by atoms with Gasteiger partial charge in [0.05, 0.1) is 17.7 Å². The fraction of sp³-hybridized carbons (Fsp3) is 0.133. The standard InChI is InChI=1S/C15H15FN2O3S/c1-2-21-14-7-9-15(10-8-14)22(19,20)18-17-11-12-3-5-13(16)6-4-12/h3-11,18H,2H2,1H3. The van der Waals surface area contributed by atoms with Gasteiger partial charge in [-0.25, -0.2) is 9.22 Å². The zero-order chi connectivity index (χ0) is 16.0. The Morgan fingerprint density at radius 1 is 1.14 bits per heavy atom. The monoisotopic (exact) mass is 322 g/mol. The molecule has 2 rings (SSSR count). The predicted molar refractivity (Wildman–Crippen MR) is 81.9 cm³/mol. The maximum absolute atomic E-state index is 12.7. The van der Waals surface area contributed by atoms with Crippen molar-refractivity contribution in [3.63, 3.8) is 0 Å². The minimum absolute atomic E-state index is 0.0761. The molecule has 0 atom stereocenters. The van der Waals surface area contributed by atoms with E-state index in [9.17, 15) is 12.8 Å². The lowest BCUT2D eigenvalue weighted by atomic mass is 10.2. The highest BCUT2D eigenvalue weighted by Crippen LogP contribution is 2.15. The van der Waals surface area contributed by atoms with Crippen LogP contribution in [-0.2, 0) is 10.0 Å². The zero-order valence-electron chi connectivity index (χ0n) is 11.9. The Morgan fingerprint density at radius 3 is 2.36 bits per heavy atom. The summed E-state index contributed by atoms with van der Waals surface area (Å²) in [5, 5.41) is 3.66. The fourth-order valence-electron chi connectivity index (χ4n) is 1.65. The Kier molecular flexibility index (Phi) is 5.11. The van der Waals surface area contributed by atoms with Crippen molar-refractivity contribution in [1.82, 2.24) is 4.83 Å². The molecule has 0 fully saturated rings. The summed E-state index contributed by atoms with van der Waals surface area (Å²) in [5.74, 6) is 0.225. The van der Waals surface area contributed by atoms with Crippen molar-refractivity contribution in [1.29, 1.82) is 0 Å². The Morgan fingerprint density at radius 2 is 1.77 bits per heavy atom. The molecule has 116 valence electrons. The van der Waals surface area contributed by atoms with E-state index < -0.39 is 10.0 Å². The van der Waals surface area contributed by atoms with E-state index in [-0.39, 0.29) is 10.7 Å². The Bertz CT molecular complexity index is 741. The first-order valence-electron chi connectivity index (χ1n) is 6.54. The van der Waals surface area contributed by atoms with E-state index in [1.54, 1.807) is 12.1 Å². The molecule has 0 bridgehead atoms. The van der Waals surface area contributed by atoms with Crippen molar-refractivity contribution >= 4 is 16.2 Å². The summed E-state index contributed by atoms with van der Waals surface area (Å²) >= 11 is 0. The molecule has 0 aliphatic rings. The summed E-state index contributed by atoms with van der Waals surface area (Å²) in [4.78, 5) is 2.17. The number of nitrogens with one attached hydrogen (secondary N) is 1. The van der Waals surface area contributed by atoms with E-state index >= 15 is 0 Å². The van der Waals surface area contributed by atoms with Gasteiger partial charge in [0, 0.05) is 0 Å². The predicted octanol–water partition coefficient (Wildman–Crippen LogP) is 2.54. The summed E-state index contributed by atoms with van der Waals surface area (Å²) in [6, 6.07) is 11.5. The second-order valence-electron chi connectivity index (χ2n) is 4.31. The van der Waals surface area contributed by atoms with Gasteiger partial charge in [-0.05, 0) is 48.9 Å². The van der Waals surface area contributed by atoms with Gasteiger partial charge in [-0.1, -0.05) is 12.1 Å². The van der Waals surface area contributed by atoms with Gasteiger partial charge in [-0.3, -0.25) is 0 Å². The van der Waals surface area contributed by atoms with E-state index in [0.29, 0.717) is 17.9 Å². The molecule has 0 unspecified atom stereocenters. The van der Waals surface area contributed by atoms with Gasteiger partial charge >= 0.3 is 0 Å². The molecule has 7 heteroatoms. The zero-order valence-corrected chi connectivity index (χ0v) is 12.7. The van der Waals surface area contributed by atoms with Crippen LogP contribution < -0.4 is 9.57 Å². The molecule has 2 aromatic rings. The van der Waals surface area contributed by atoms with Crippen molar-refractivity contribution < 1.29 is 17.5 Å². The van der Waals surface area contributed by atoms with E-state index in [1.165, 1.54) is 42.6 Å². The van der Waals surface area contributed by atoms with Crippen molar-refractivity contribution in [2.24, 2.45) is 5.10 Å². The molecule has 0 aromatic heterocycles. The molecule has 5 nitrogen and oxygen atoms in total. The lowest BCUT2D eigenvalue weighted by Crippen LogP contribution is -2.18. The average Bonchev–Trinajstić information content (AvgIpc) is 2.50. The molecular weight excluding hydrogens is 307 g/mol. The number of halogens is 1. The lowest BCUT2D eigenvalue weighted by molar-refractivity contribution is 0.340. The van der Waals surface area contributed by atoms with E-state index in [2.05, 4.69) is 9.93 Å². The molecule has 2 aromatic carbocycles. The first-order valence-corrected chi connectivity index (χ1v) is 8.03. The van der Waals surface area contributed by atoms with Crippen molar-refractivity contribution in [2.75, 3.05) is 6.61 Å². The molecule has 0 saturated carbocycles. The number of rotatable bonds is 6. The second kappa shape index (κ2) is 7.04. The summed E-state index contributed by atoms with van der Waals surface area (Å²) in [6.07, 6.45) is 1.30. The highest BCUT2D eigenvalue weighted by molar-refractivity contribution is 7.89. The number of hydrogen-bond donors (Lipinski definition) is 1. The van der Waals surface area contributed by atoms with Crippen LogP contribution in [0.25, 0.3) is 0 Å². The molecule has 0 heterocycles. The van der Waals surface area contributed by atoms with Crippen molar-refractivity contribution in [3.8, 4) is 5.75 Å². The maximum atomic E-state index is 12.7. The Labute approximate surface area is 128 Å². The molecule has 1 N–H and O–H groups in total. The number of hydrogen-bond acceptors (Lipinski definition) is 4. The van der Waals surface area contributed by atoms with Gasteiger partial charge in [0.15, 0.2) is 0 Å². The highest BCUT2D eigenvalue weighted by atomic mass is 32.2. The molecular formula is C15H15FN2O3S. The van der Waals surface area contributed by atoms with Gasteiger partial charge in [0.2, 0.25) is 0 Å². The lowest BCUT2D eigenvalue weighted by Gasteiger charge is -2.05. The second-order valence-corrected chi connectivity index (χ2v) is 5.97. The summed E-state index contributed by atoms with van der Waals surface area (Å²) in [5.41, 5.74) is 0.579. The molecule has 0 radical (unpaired) electrons. The molecule has 0 spiro atoms. The number of nitrogens with zero attached hydrogens (tertiary/aromatic N) is 1. The van der Waals surface area contributed by atoms with Gasteiger partial charge in [-0.2, -0.15) is 13.5 Å². The minimum Gasteiger partial charge on any atom is -0.494 e. The van der Waals surface area contributed by atoms with Crippen LogP contribution in [0.1, 0.15) is 12.5 Å². The van der Waals surface area contributed by atoms with Crippen LogP contribution in [0.2, 0.25) is 0 Å². The van der Waals surface area contributed by atoms with E-state index in [0.717, 1.165) is 0 Å². The normalized spacial score (nSPS) is 11.5. The van der Waals surface area contributed by atoms with Crippen molar-refractivity contribution in [3.05, 3.63) is 59.9 Å². The molecule has 0 aliphatic carbocycles. The van der Waals surface area contributed by atoms with Crippen LogP contribution in [0.15, 0.2) is 58.5 Å². The van der Waals surface area contributed by atoms with Crippen LogP contribution in [0.4, 0.5) is 4.39 Å². The molecule has 0 amide bonds. The van der Waals surface area contributed by atoms with Crippen LogP contribution in [0, 0.1) is 5.82 Å². The highest BCUT2D eigenvalue weighted by Gasteiger charge is 2.12.